The number of halogens is 3. The predicted molar refractivity (Wildman–Crippen MR) is 64.9 cm³/mol. The second-order valence-corrected chi connectivity index (χ2v) is 3.69. The molecule has 0 atom stereocenters. The lowest BCUT2D eigenvalue weighted by atomic mass is 10.2. The number of anilines is 4. The van der Waals surface area contributed by atoms with Gasteiger partial charge in [-0.05, 0) is 30.3 Å². The van der Waals surface area contributed by atoms with E-state index in [9.17, 15) is 13.2 Å². The zero-order valence-corrected chi connectivity index (χ0v) is 9.18. The van der Waals surface area contributed by atoms with Crippen LogP contribution >= 0.6 is 0 Å². The molecule has 3 nitrogen and oxygen atoms in total. The van der Waals surface area contributed by atoms with E-state index in [-0.39, 0.29) is 5.69 Å². The number of nitrogen functional groups attached to an aromatic ring is 2. The van der Waals surface area contributed by atoms with Crippen LogP contribution in [0.1, 0.15) is 0 Å². The van der Waals surface area contributed by atoms with E-state index in [4.69, 9.17) is 11.5 Å². The summed E-state index contributed by atoms with van der Waals surface area (Å²) in [5.41, 5.74) is 12.0. The first-order valence-electron chi connectivity index (χ1n) is 5.04. The molecule has 6 heteroatoms. The van der Waals surface area contributed by atoms with Crippen molar-refractivity contribution in [2.24, 2.45) is 0 Å². The average molecular weight is 253 g/mol. The lowest BCUT2D eigenvalue weighted by Crippen LogP contribution is -2.00. The lowest BCUT2D eigenvalue weighted by Gasteiger charge is -2.10. The molecule has 2 aromatic rings. The zero-order chi connectivity index (χ0) is 13.3. The maximum atomic E-state index is 13.4. The molecule has 0 spiro atoms. The third kappa shape index (κ3) is 2.17. The summed E-state index contributed by atoms with van der Waals surface area (Å²) in [5, 5.41) is 2.59. The Bertz CT molecular complexity index is 599. The van der Waals surface area contributed by atoms with E-state index in [2.05, 4.69) is 5.32 Å². The van der Waals surface area contributed by atoms with Gasteiger partial charge in [0, 0.05) is 5.69 Å². The second-order valence-electron chi connectivity index (χ2n) is 3.69. The fourth-order valence-electron chi connectivity index (χ4n) is 1.43. The van der Waals surface area contributed by atoms with Gasteiger partial charge in [-0.3, -0.25) is 0 Å². The maximum absolute atomic E-state index is 13.4. The van der Waals surface area contributed by atoms with Gasteiger partial charge in [0.25, 0.3) is 0 Å². The van der Waals surface area contributed by atoms with Gasteiger partial charge in [0.15, 0.2) is 17.5 Å². The van der Waals surface area contributed by atoms with Crippen LogP contribution in [0.3, 0.4) is 0 Å². The molecular formula is C12H10F3N3. The van der Waals surface area contributed by atoms with E-state index in [1.165, 1.54) is 12.1 Å². The fraction of sp³-hybridized carbons (Fsp3) is 0. The molecule has 0 unspecified atom stereocenters. The molecule has 0 aliphatic rings. The minimum Gasteiger partial charge on any atom is -0.397 e. The van der Waals surface area contributed by atoms with Crippen LogP contribution in [0.15, 0.2) is 30.3 Å². The van der Waals surface area contributed by atoms with Crippen molar-refractivity contribution in [1.82, 2.24) is 0 Å². The van der Waals surface area contributed by atoms with Crippen LogP contribution in [0.2, 0.25) is 0 Å². The minimum absolute atomic E-state index is 0.182. The summed E-state index contributed by atoms with van der Waals surface area (Å²) in [6.45, 7) is 0. The van der Waals surface area contributed by atoms with Crippen LogP contribution in [-0.2, 0) is 0 Å². The van der Waals surface area contributed by atoms with Gasteiger partial charge in [-0.25, -0.2) is 13.2 Å². The molecule has 2 rings (SSSR count). The molecule has 2 aromatic carbocycles. The lowest BCUT2D eigenvalue weighted by molar-refractivity contribution is 0.449. The molecule has 0 heterocycles. The van der Waals surface area contributed by atoms with Crippen LogP contribution in [-0.4, -0.2) is 0 Å². The number of nitrogens with two attached hydrogens (primary N) is 2. The summed E-state index contributed by atoms with van der Waals surface area (Å²) in [4.78, 5) is 0. The molecule has 0 aliphatic carbocycles. The van der Waals surface area contributed by atoms with Crippen molar-refractivity contribution in [2.75, 3.05) is 16.8 Å². The Balaban J connectivity index is 2.34. The van der Waals surface area contributed by atoms with Crippen molar-refractivity contribution >= 4 is 22.7 Å². The Kier molecular flexibility index (Phi) is 3.01. The topological polar surface area (TPSA) is 64.1 Å². The van der Waals surface area contributed by atoms with Gasteiger partial charge < -0.3 is 16.8 Å². The number of hydrogen-bond donors (Lipinski definition) is 3. The maximum Gasteiger partial charge on any atom is 0.196 e. The van der Waals surface area contributed by atoms with Crippen molar-refractivity contribution in [3.63, 3.8) is 0 Å². The highest BCUT2D eigenvalue weighted by Crippen LogP contribution is 2.26. The summed E-state index contributed by atoms with van der Waals surface area (Å²) in [6, 6.07) is 6.47. The molecule has 0 saturated carbocycles. The molecule has 0 radical (unpaired) electrons. The van der Waals surface area contributed by atoms with Gasteiger partial charge in [-0.2, -0.15) is 0 Å². The van der Waals surface area contributed by atoms with E-state index in [1.54, 1.807) is 6.07 Å². The van der Waals surface area contributed by atoms with E-state index in [1.807, 2.05) is 0 Å². The molecule has 0 aromatic heterocycles. The van der Waals surface area contributed by atoms with Gasteiger partial charge in [-0.15, -0.1) is 0 Å². The van der Waals surface area contributed by atoms with Crippen molar-refractivity contribution in [2.45, 2.75) is 0 Å². The molecular weight excluding hydrogens is 243 g/mol. The molecule has 0 fully saturated rings. The summed E-state index contributed by atoms with van der Waals surface area (Å²) in [6.07, 6.45) is 0. The number of rotatable bonds is 2. The van der Waals surface area contributed by atoms with Crippen LogP contribution in [0, 0.1) is 17.5 Å². The Morgan fingerprint density at radius 1 is 0.833 bits per heavy atom. The van der Waals surface area contributed by atoms with Crippen molar-refractivity contribution in [3.8, 4) is 0 Å². The summed E-state index contributed by atoms with van der Waals surface area (Å²) in [7, 11) is 0. The third-order valence-corrected chi connectivity index (χ3v) is 2.40. The van der Waals surface area contributed by atoms with E-state index in [0.717, 1.165) is 12.1 Å². The first-order chi connectivity index (χ1) is 8.49. The van der Waals surface area contributed by atoms with Crippen LogP contribution < -0.4 is 16.8 Å². The predicted octanol–water partition coefficient (Wildman–Crippen LogP) is 3.01. The van der Waals surface area contributed by atoms with Crippen LogP contribution in [0.4, 0.5) is 35.9 Å². The molecule has 0 aliphatic heterocycles. The van der Waals surface area contributed by atoms with Crippen LogP contribution in [0.5, 0.6) is 0 Å². The monoisotopic (exact) mass is 253 g/mol. The molecule has 18 heavy (non-hydrogen) atoms. The second kappa shape index (κ2) is 4.48. The SMILES string of the molecule is Nc1ccc(Nc2ccc(F)c(F)c2F)cc1N. The number of hydrogen-bond acceptors (Lipinski definition) is 3. The summed E-state index contributed by atoms with van der Waals surface area (Å²) in [5.74, 6) is -4.05. The first-order valence-corrected chi connectivity index (χ1v) is 5.04. The van der Waals surface area contributed by atoms with Gasteiger partial charge in [-0.1, -0.05) is 0 Å². The number of benzene rings is 2. The van der Waals surface area contributed by atoms with E-state index < -0.39 is 17.5 Å². The smallest absolute Gasteiger partial charge is 0.196 e. The Morgan fingerprint density at radius 3 is 2.22 bits per heavy atom. The largest absolute Gasteiger partial charge is 0.397 e. The van der Waals surface area contributed by atoms with E-state index >= 15 is 0 Å². The number of nitrogens with one attached hydrogen (secondary N) is 1. The quantitative estimate of drug-likeness (QED) is 0.569. The fourth-order valence-corrected chi connectivity index (χ4v) is 1.43. The average Bonchev–Trinajstić information content (AvgIpc) is 2.34. The molecule has 0 amide bonds. The van der Waals surface area contributed by atoms with Gasteiger partial charge >= 0.3 is 0 Å². The summed E-state index contributed by atoms with van der Waals surface area (Å²) < 4.78 is 39.1. The normalized spacial score (nSPS) is 10.4. The highest BCUT2D eigenvalue weighted by molar-refractivity contribution is 5.72. The minimum atomic E-state index is -1.52. The van der Waals surface area contributed by atoms with Crippen molar-refractivity contribution in [3.05, 3.63) is 47.8 Å². The van der Waals surface area contributed by atoms with Gasteiger partial charge in [0.1, 0.15) is 0 Å². The Hall–Kier alpha value is -2.37. The summed E-state index contributed by atoms with van der Waals surface area (Å²) >= 11 is 0. The van der Waals surface area contributed by atoms with Crippen LogP contribution in [0.25, 0.3) is 0 Å². The van der Waals surface area contributed by atoms with Gasteiger partial charge in [0.2, 0.25) is 0 Å². The zero-order valence-electron chi connectivity index (χ0n) is 9.18. The van der Waals surface area contributed by atoms with E-state index in [0.29, 0.717) is 17.1 Å². The highest BCUT2D eigenvalue weighted by atomic mass is 19.2. The third-order valence-electron chi connectivity index (χ3n) is 2.40. The van der Waals surface area contributed by atoms with Crippen molar-refractivity contribution < 1.29 is 13.2 Å². The molecule has 0 saturated heterocycles. The first kappa shape index (κ1) is 12.1. The highest BCUT2D eigenvalue weighted by Gasteiger charge is 2.13. The van der Waals surface area contributed by atoms with Crippen molar-refractivity contribution in [1.29, 1.82) is 0 Å². The molecule has 5 N–H and O–H groups in total. The molecule has 0 bridgehead atoms. The standard InChI is InChI=1S/C12H10F3N3/c13-7-2-4-10(12(15)11(7)14)18-6-1-3-8(16)9(17)5-6/h1-5,18H,16-17H2. The Morgan fingerprint density at radius 2 is 1.56 bits per heavy atom. The molecule has 94 valence electrons. The Labute approximate surface area is 101 Å². The van der Waals surface area contributed by atoms with Gasteiger partial charge in [0.05, 0.1) is 17.1 Å².